The van der Waals surface area contributed by atoms with Gasteiger partial charge in [-0.25, -0.2) is 5.90 Å². The average molecular weight is 142 g/mol. The lowest BCUT2D eigenvalue weighted by molar-refractivity contribution is -0.126. The quantitative estimate of drug-likeness (QED) is 0.462. The van der Waals surface area contributed by atoms with E-state index in [4.69, 9.17) is 5.90 Å². The third-order valence-electron chi connectivity index (χ3n) is 1.14. The van der Waals surface area contributed by atoms with Gasteiger partial charge in [-0.15, -0.1) is 0 Å². The van der Waals surface area contributed by atoms with Crippen LogP contribution in [-0.4, -0.2) is 11.9 Å². The molecule has 0 fully saturated rings. The zero-order valence-electron chi connectivity index (χ0n) is 6.09. The highest BCUT2D eigenvalue weighted by Gasteiger charge is 2.15. The molecule has 10 heavy (non-hydrogen) atoms. The molecule has 1 atom stereocenters. The van der Waals surface area contributed by atoms with E-state index in [1.54, 1.807) is 6.92 Å². The zero-order valence-corrected chi connectivity index (χ0v) is 6.09. The van der Waals surface area contributed by atoms with Gasteiger partial charge in [0.15, 0.2) is 5.78 Å². The van der Waals surface area contributed by atoms with Crippen molar-refractivity contribution in [2.75, 3.05) is 0 Å². The number of rotatable bonds is 4. The maximum absolute atomic E-state index is 11.0. The van der Waals surface area contributed by atoms with Crippen molar-refractivity contribution in [3.63, 3.8) is 0 Å². The number of ketones is 1. The SMILES string of the molecule is [CH2]CC(ON)C(=O)C(=C)C. The van der Waals surface area contributed by atoms with Crippen molar-refractivity contribution in [3.05, 3.63) is 19.1 Å². The van der Waals surface area contributed by atoms with Crippen LogP contribution in [0.4, 0.5) is 0 Å². The maximum Gasteiger partial charge on any atom is 0.188 e. The van der Waals surface area contributed by atoms with Gasteiger partial charge in [0.05, 0.1) is 0 Å². The van der Waals surface area contributed by atoms with Crippen LogP contribution in [0.25, 0.3) is 0 Å². The fraction of sp³-hybridized carbons (Fsp3) is 0.429. The first-order chi connectivity index (χ1) is 4.63. The molecule has 0 aromatic heterocycles. The second-order valence-electron chi connectivity index (χ2n) is 2.06. The first-order valence-corrected chi connectivity index (χ1v) is 2.98. The summed E-state index contributed by atoms with van der Waals surface area (Å²) in [6, 6.07) is 0. The second kappa shape index (κ2) is 4.19. The fourth-order valence-corrected chi connectivity index (χ4v) is 0.536. The summed E-state index contributed by atoms with van der Waals surface area (Å²) < 4.78 is 0. The van der Waals surface area contributed by atoms with Crippen LogP contribution in [-0.2, 0) is 9.63 Å². The average Bonchev–Trinajstić information content (AvgIpc) is 1.90. The molecule has 0 aromatic carbocycles. The third kappa shape index (κ3) is 2.29. The minimum Gasteiger partial charge on any atom is -0.293 e. The van der Waals surface area contributed by atoms with Crippen molar-refractivity contribution >= 4 is 5.78 Å². The van der Waals surface area contributed by atoms with Gasteiger partial charge in [0.1, 0.15) is 6.10 Å². The Bertz CT molecular complexity index is 139. The molecule has 0 aromatic rings. The number of carbonyl (C=O) groups excluding carboxylic acids is 1. The summed E-state index contributed by atoms with van der Waals surface area (Å²) in [5.74, 6) is 4.64. The van der Waals surface area contributed by atoms with E-state index in [2.05, 4.69) is 18.3 Å². The fourth-order valence-electron chi connectivity index (χ4n) is 0.536. The van der Waals surface area contributed by atoms with Crippen LogP contribution in [0.3, 0.4) is 0 Å². The molecule has 3 nitrogen and oxygen atoms in total. The molecule has 0 bridgehead atoms. The predicted molar refractivity (Wildman–Crippen MR) is 38.9 cm³/mol. The van der Waals surface area contributed by atoms with Crippen LogP contribution in [0.5, 0.6) is 0 Å². The smallest absolute Gasteiger partial charge is 0.188 e. The van der Waals surface area contributed by atoms with Gasteiger partial charge in [-0.05, 0) is 18.9 Å². The Kier molecular flexibility index (Phi) is 3.91. The first-order valence-electron chi connectivity index (χ1n) is 2.98. The number of hydrogen-bond donors (Lipinski definition) is 1. The largest absolute Gasteiger partial charge is 0.293 e. The van der Waals surface area contributed by atoms with Crippen molar-refractivity contribution in [1.29, 1.82) is 0 Å². The molecule has 0 amide bonds. The van der Waals surface area contributed by atoms with Gasteiger partial charge in [0.2, 0.25) is 0 Å². The highest BCUT2D eigenvalue weighted by Crippen LogP contribution is 2.02. The van der Waals surface area contributed by atoms with E-state index in [9.17, 15) is 4.79 Å². The molecule has 57 valence electrons. The standard InChI is InChI=1S/C7H12NO2/c1-4-6(10-8)7(9)5(2)3/h6H,1-2,4,8H2,3H3. The van der Waals surface area contributed by atoms with E-state index in [0.717, 1.165) is 0 Å². The van der Waals surface area contributed by atoms with E-state index >= 15 is 0 Å². The van der Waals surface area contributed by atoms with Crippen LogP contribution in [0, 0.1) is 6.92 Å². The van der Waals surface area contributed by atoms with Crippen molar-refractivity contribution < 1.29 is 9.63 Å². The van der Waals surface area contributed by atoms with E-state index in [1.807, 2.05) is 0 Å². The molecular weight excluding hydrogens is 130 g/mol. The topological polar surface area (TPSA) is 52.3 Å². The van der Waals surface area contributed by atoms with Gasteiger partial charge in [0.25, 0.3) is 0 Å². The van der Waals surface area contributed by atoms with Gasteiger partial charge >= 0.3 is 0 Å². The van der Waals surface area contributed by atoms with Gasteiger partial charge in [-0.3, -0.25) is 9.63 Å². The minimum absolute atomic E-state index is 0.183. The summed E-state index contributed by atoms with van der Waals surface area (Å²) in [7, 11) is 0. The molecule has 0 saturated carbocycles. The van der Waals surface area contributed by atoms with Gasteiger partial charge in [-0.2, -0.15) is 0 Å². The molecule has 1 unspecified atom stereocenters. The third-order valence-corrected chi connectivity index (χ3v) is 1.14. The molecule has 0 spiro atoms. The van der Waals surface area contributed by atoms with Crippen LogP contribution in [0.2, 0.25) is 0 Å². The van der Waals surface area contributed by atoms with Gasteiger partial charge in [-0.1, -0.05) is 13.5 Å². The van der Waals surface area contributed by atoms with E-state index in [-0.39, 0.29) is 5.78 Å². The molecule has 0 rings (SSSR count). The monoisotopic (exact) mass is 142 g/mol. The lowest BCUT2D eigenvalue weighted by atomic mass is 10.1. The van der Waals surface area contributed by atoms with Crippen molar-refractivity contribution in [1.82, 2.24) is 0 Å². The molecule has 0 heterocycles. The Morgan fingerprint density at radius 1 is 1.80 bits per heavy atom. The van der Waals surface area contributed by atoms with E-state index in [1.165, 1.54) is 0 Å². The molecular formula is C7H12NO2. The van der Waals surface area contributed by atoms with Crippen LogP contribution >= 0.6 is 0 Å². The Morgan fingerprint density at radius 3 is 2.40 bits per heavy atom. The van der Waals surface area contributed by atoms with Crippen LogP contribution in [0.15, 0.2) is 12.2 Å². The Balaban J connectivity index is 4.02. The molecule has 0 aliphatic rings. The van der Waals surface area contributed by atoms with E-state index < -0.39 is 6.10 Å². The minimum atomic E-state index is -0.627. The van der Waals surface area contributed by atoms with Crippen LogP contribution in [0.1, 0.15) is 13.3 Å². The summed E-state index contributed by atoms with van der Waals surface area (Å²) in [5.41, 5.74) is 0.444. The predicted octanol–water partition coefficient (Wildman–Crippen LogP) is 0.615. The number of nitrogens with two attached hydrogens (primary N) is 1. The van der Waals surface area contributed by atoms with Crippen LogP contribution < -0.4 is 5.90 Å². The molecule has 2 N–H and O–H groups in total. The molecule has 1 radical (unpaired) electrons. The summed E-state index contributed by atoms with van der Waals surface area (Å²) >= 11 is 0. The summed E-state index contributed by atoms with van der Waals surface area (Å²) in [6.07, 6.45) is -0.292. The van der Waals surface area contributed by atoms with Gasteiger partial charge < -0.3 is 0 Å². The highest BCUT2D eigenvalue weighted by molar-refractivity contribution is 5.97. The zero-order chi connectivity index (χ0) is 8.15. The lowest BCUT2D eigenvalue weighted by Gasteiger charge is -2.09. The molecule has 3 heteroatoms. The lowest BCUT2D eigenvalue weighted by Crippen LogP contribution is -2.26. The molecule has 0 aliphatic heterocycles. The highest BCUT2D eigenvalue weighted by atomic mass is 16.6. The van der Waals surface area contributed by atoms with Crippen molar-refractivity contribution in [2.45, 2.75) is 19.4 Å². The molecule has 0 aliphatic carbocycles. The summed E-state index contributed by atoms with van der Waals surface area (Å²) in [6.45, 7) is 8.57. The number of hydrogen-bond acceptors (Lipinski definition) is 3. The van der Waals surface area contributed by atoms with Gasteiger partial charge in [0, 0.05) is 0 Å². The van der Waals surface area contributed by atoms with E-state index in [0.29, 0.717) is 12.0 Å². The Morgan fingerprint density at radius 2 is 2.30 bits per heavy atom. The number of carbonyl (C=O) groups is 1. The normalized spacial score (nSPS) is 12.7. The van der Waals surface area contributed by atoms with Crippen molar-refractivity contribution in [3.8, 4) is 0 Å². The maximum atomic E-state index is 11.0. The second-order valence-corrected chi connectivity index (χ2v) is 2.06. The summed E-state index contributed by atoms with van der Waals surface area (Å²) in [4.78, 5) is 15.3. The molecule has 0 saturated heterocycles. The Hall–Kier alpha value is -0.670. The Labute approximate surface area is 60.8 Å². The summed E-state index contributed by atoms with van der Waals surface area (Å²) in [5, 5.41) is 0. The number of Topliss-reactive ketones (excluding diaryl/α,β-unsaturated/α-hetero) is 1. The van der Waals surface area contributed by atoms with Crippen molar-refractivity contribution in [2.24, 2.45) is 5.90 Å². The first kappa shape index (κ1) is 9.33.